The van der Waals surface area contributed by atoms with Crippen LogP contribution in [0.5, 0.6) is 0 Å². The first-order valence-corrected chi connectivity index (χ1v) is 6.77. The minimum atomic E-state index is -0.189. The fraction of sp³-hybridized carbons (Fsp3) is 0.467. The third-order valence-electron chi connectivity index (χ3n) is 3.19. The predicted octanol–water partition coefficient (Wildman–Crippen LogP) is 3.02. The average molecular weight is 276 g/mol. The lowest BCUT2D eigenvalue weighted by atomic mass is 10.1. The molecule has 5 heteroatoms. The average Bonchev–Trinajstić information content (AvgIpc) is 2.85. The van der Waals surface area contributed by atoms with Crippen molar-refractivity contribution in [2.45, 2.75) is 45.8 Å². The summed E-state index contributed by atoms with van der Waals surface area (Å²) in [6.07, 6.45) is 1.92. The largest absolute Gasteiger partial charge is 0.304 e. The van der Waals surface area contributed by atoms with E-state index in [1.54, 1.807) is 12.1 Å². The van der Waals surface area contributed by atoms with E-state index in [1.807, 2.05) is 23.9 Å². The Hall–Kier alpha value is -1.75. The molecule has 0 fully saturated rings. The second kappa shape index (κ2) is 5.71. The lowest BCUT2D eigenvalue weighted by molar-refractivity contribution is 0.347. The number of nitrogens with zero attached hydrogens (tertiary/aromatic N) is 3. The van der Waals surface area contributed by atoms with Crippen molar-refractivity contribution in [3.05, 3.63) is 47.5 Å². The normalized spacial score (nSPS) is 13.4. The van der Waals surface area contributed by atoms with Gasteiger partial charge in [-0.15, -0.1) is 5.10 Å². The molecule has 1 heterocycles. The summed E-state index contributed by atoms with van der Waals surface area (Å²) in [6.45, 7) is 8.71. The summed E-state index contributed by atoms with van der Waals surface area (Å²) in [5.74, 6) is -0.189. The van der Waals surface area contributed by atoms with Crippen molar-refractivity contribution >= 4 is 0 Å². The molecule has 108 valence electrons. The van der Waals surface area contributed by atoms with Gasteiger partial charge in [0.1, 0.15) is 5.82 Å². The van der Waals surface area contributed by atoms with Gasteiger partial charge < -0.3 is 5.32 Å². The molecule has 0 spiro atoms. The van der Waals surface area contributed by atoms with Crippen molar-refractivity contribution in [3.63, 3.8) is 0 Å². The van der Waals surface area contributed by atoms with E-state index < -0.39 is 0 Å². The maximum absolute atomic E-state index is 13.7. The highest BCUT2D eigenvalue weighted by atomic mass is 19.1. The standard InChI is InChI=1S/C15H21FN4/c1-11(13-7-5-6-8-14(13)16)17-9-12-10-20(19-18-12)15(2,3)4/h5-8,10-11,17H,9H2,1-4H3. The Kier molecular flexibility index (Phi) is 4.18. The first-order valence-electron chi connectivity index (χ1n) is 6.77. The summed E-state index contributed by atoms with van der Waals surface area (Å²) >= 11 is 0. The fourth-order valence-corrected chi connectivity index (χ4v) is 1.90. The van der Waals surface area contributed by atoms with E-state index in [-0.39, 0.29) is 17.4 Å². The van der Waals surface area contributed by atoms with Gasteiger partial charge in [0.15, 0.2) is 0 Å². The molecule has 2 aromatic rings. The molecule has 4 nitrogen and oxygen atoms in total. The summed E-state index contributed by atoms with van der Waals surface area (Å²) in [7, 11) is 0. The van der Waals surface area contributed by atoms with Crippen molar-refractivity contribution in [1.82, 2.24) is 20.3 Å². The lowest BCUT2D eigenvalue weighted by Gasteiger charge is -2.17. The van der Waals surface area contributed by atoms with Crippen molar-refractivity contribution in [3.8, 4) is 0 Å². The monoisotopic (exact) mass is 276 g/mol. The number of halogens is 1. The van der Waals surface area contributed by atoms with Gasteiger partial charge in [0.05, 0.1) is 17.4 Å². The number of rotatable bonds is 4. The maximum Gasteiger partial charge on any atom is 0.127 e. The Morgan fingerprint density at radius 3 is 2.60 bits per heavy atom. The van der Waals surface area contributed by atoms with Gasteiger partial charge in [0.2, 0.25) is 0 Å². The topological polar surface area (TPSA) is 42.7 Å². The molecular formula is C15H21FN4. The zero-order valence-corrected chi connectivity index (χ0v) is 12.4. The molecule has 1 atom stereocenters. The van der Waals surface area contributed by atoms with Crippen LogP contribution in [0.1, 0.15) is 45.0 Å². The molecule has 1 N–H and O–H groups in total. The number of nitrogens with one attached hydrogen (secondary N) is 1. The molecule has 0 aliphatic heterocycles. The molecule has 0 aliphatic rings. The van der Waals surface area contributed by atoms with Crippen LogP contribution in [0.25, 0.3) is 0 Å². The van der Waals surface area contributed by atoms with E-state index >= 15 is 0 Å². The molecule has 0 saturated heterocycles. The molecule has 1 aromatic heterocycles. The third kappa shape index (κ3) is 3.42. The maximum atomic E-state index is 13.7. The van der Waals surface area contributed by atoms with Crippen LogP contribution in [0.4, 0.5) is 4.39 Å². The van der Waals surface area contributed by atoms with Crippen LogP contribution in [0.2, 0.25) is 0 Å². The number of aromatic nitrogens is 3. The van der Waals surface area contributed by atoms with Crippen LogP contribution >= 0.6 is 0 Å². The first-order chi connectivity index (χ1) is 9.38. The minimum Gasteiger partial charge on any atom is -0.304 e. The van der Waals surface area contributed by atoms with Gasteiger partial charge in [-0.2, -0.15) is 0 Å². The quantitative estimate of drug-likeness (QED) is 0.933. The second-order valence-electron chi connectivity index (χ2n) is 5.95. The van der Waals surface area contributed by atoms with Crippen molar-refractivity contribution in [2.24, 2.45) is 0 Å². The zero-order valence-electron chi connectivity index (χ0n) is 12.4. The molecule has 0 bridgehead atoms. The summed E-state index contributed by atoms with van der Waals surface area (Å²) in [5, 5.41) is 11.5. The third-order valence-corrected chi connectivity index (χ3v) is 3.19. The van der Waals surface area contributed by atoms with Crippen LogP contribution in [0, 0.1) is 5.82 Å². The van der Waals surface area contributed by atoms with Gasteiger partial charge in [-0.05, 0) is 33.8 Å². The van der Waals surface area contributed by atoms with E-state index in [0.29, 0.717) is 12.1 Å². The smallest absolute Gasteiger partial charge is 0.127 e. The second-order valence-corrected chi connectivity index (χ2v) is 5.95. The highest BCUT2D eigenvalue weighted by Crippen LogP contribution is 2.17. The van der Waals surface area contributed by atoms with Crippen LogP contribution < -0.4 is 5.32 Å². The van der Waals surface area contributed by atoms with Gasteiger partial charge in [0, 0.05) is 18.2 Å². The van der Waals surface area contributed by atoms with Crippen LogP contribution in [-0.2, 0) is 12.1 Å². The zero-order chi connectivity index (χ0) is 14.8. The van der Waals surface area contributed by atoms with Gasteiger partial charge in [0.25, 0.3) is 0 Å². The van der Waals surface area contributed by atoms with Crippen molar-refractivity contribution in [2.75, 3.05) is 0 Å². The Morgan fingerprint density at radius 1 is 1.30 bits per heavy atom. The van der Waals surface area contributed by atoms with Gasteiger partial charge in [-0.3, -0.25) is 0 Å². The highest BCUT2D eigenvalue weighted by Gasteiger charge is 2.15. The number of hydrogen-bond acceptors (Lipinski definition) is 3. The molecule has 0 aliphatic carbocycles. The van der Waals surface area contributed by atoms with Crippen LogP contribution in [-0.4, -0.2) is 15.0 Å². The van der Waals surface area contributed by atoms with Gasteiger partial charge in [-0.25, -0.2) is 9.07 Å². The molecule has 1 aromatic carbocycles. The Labute approximate surface area is 119 Å². The summed E-state index contributed by atoms with van der Waals surface area (Å²) in [4.78, 5) is 0. The fourth-order valence-electron chi connectivity index (χ4n) is 1.90. The summed E-state index contributed by atoms with van der Waals surface area (Å²) < 4.78 is 15.5. The van der Waals surface area contributed by atoms with Gasteiger partial charge >= 0.3 is 0 Å². The van der Waals surface area contributed by atoms with Crippen LogP contribution in [0.3, 0.4) is 0 Å². The van der Waals surface area contributed by atoms with E-state index in [9.17, 15) is 4.39 Å². The number of benzene rings is 1. The van der Waals surface area contributed by atoms with Crippen molar-refractivity contribution < 1.29 is 4.39 Å². The SMILES string of the molecule is CC(NCc1cn(C(C)(C)C)nn1)c1ccccc1F. The highest BCUT2D eigenvalue weighted by molar-refractivity contribution is 5.20. The minimum absolute atomic E-state index is 0.0732. The Balaban J connectivity index is 1.99. The first kappa shape index (κ1) is 14.7. The Bertz CT molecular complexity index is 571. The molecule has 1 unspecified atom stereocenters. The Morgan fingerprint density at radius 2 is 2.00 bits per heavy atom. The van der Waals surface area contributed by atoms with Crippen LogP contribution in [0.15, 0.2) is 30.5 Å². The van der Waals surface area contributed by atoms with Crippen molar-refractivity contribution in [1.29, 1.82) is 0 Å². The number of hydrogen-bond donors (Lipinski definition) is 1. The van der Waals surface area contributed by atoms with E-state index in [0.717, 1.165) is 5.69 Å². The van der Waals surface area contributed by atoms with Gasteiger partial charge in [-0.1, -0.05) is 23.4 Å². The van der Waals surface area contributed by atoms with E-state index in [4.69, 9.17) is 0 Å². The molecule has 20 heavy (non-hydrogen) atoms. The predicted molar refractivity (Wildman–Crippen MR) is 76.7 cm³/mol. The lowest BCUT2D eigenvalue weighted by Crippen LogP contribution is -2.22. The molecule has 0 saturated carbocycles. The molecular weight excluding hydrogens is 255 g/mol. The summed E-state index contributed by atoms with van der Waals surface area (Å²) in [6, 6.07) is 6.73. The van der Waals surface area contributed by atoms with E-state index in [1.165, 1.54) is 6.07 Å². The molecule has 2 rings (SSSR count). The van der Waals surface area contributed by atoms with E-state index in [2.05, 4.69) is 36.4 Å². The molecule has 0 amide bonds. The molecule has 0 radical (unpaired) electrons. The summed E-state index contributed by atoms with van der Waals surface area (Å²) in [5.41, 5.74) is 1.43.